The Morgan fingerprint density at radius 3 is 2.50 bits per heavy atom. The van der Waals surface area contributed by atoms with Gasteiger partial charge in [0.2, 0.25) is 0 Å². The number of nitrogen functional groups attached to an aromatic ring is 1. The number of aromatic nitrogens is 3. The van der Waals surface area contributed by atoms with Crippen LogP contribution in [0.1, 0.15) is 16.6 Å². The first-order chi connectivity index (χ1) is 14.4. The van der Waals surface area contributed by atoms with Crippen molar-refractivity contribution in [1.29, 1.82) is 0 Å². The lowest BCUT2D eigenvalue weighted by molar-refractivity contribution is -0.0501. The number of fused-ring (bicyclic) bond motifs is 1. The first-order valence-corrected chi connectivity index (χ1v) is 9.10. The second-order valence-electron chi connectivity index (χ2n) is 6.87. The number of primary amides is 1. The van der Waals surface area contributed by atoms with E-state index < -0.39 is 37.1 Å². The molecule has 1 aliphatic rings. The maximum absolute atomic E-state index is 12.5. The number of rotatable bonds is 5. The SMILES string of the molecule is COc1ccc(-c2c(C(N)=O)c3c(N)ncnc3n2[C@H]2O[C@@H](CO)[C@@H](O)[C@@H]2O)cc1. The van der Waals surface area contributed by atoms with E-state index in [1.807, 2.05) is 0 Å². The van der Waals surface area contributed by atoms with Gasteiger partial charge in [0.15, 0.2) is 6.23 Å². The van der Waals surface area contributed by atoms with Crippen molar-refractivity contribution in [1.82, 2.24) is 14.5 Å². The molecule has 4 rings (SSSR count). The zero-order valence-electron chi connectivity index (χ0n) is 16.0. The third-order valence-electron chi connectivity index (χ3n) is 5.19. The summed E-state index contributed by atoms with van der Waals surface area (Å²) in [4.78, 5) is 20.6. The van der Waals surface area contributed by atoms with Gasteiger partial charge in [-0.1, -0.05) is 0 Å². The van der Waals surface area contributed by atoms with Gasteiger partial charge in [-0.3, -0.25) is 9.36 Å². The largest absolute Gasteiger partial charge is 0.497 e. The van der Waals surface area contributed by atoms with Gasteiger partial charge in [0.05, 0.1) is 30.4 Å². The molecule has 1 fully saturated rings. The van der Waals surface area contributed by atoms with Gasteiger partial charge in [-0.05, 0) is 29.8 Å². The predicted octanol–water partition coefficient (Wildman–Crippen LogP) is -0.600. The average Bonchev–Trinajstić information content (AvgIpc) is 3.24. The van der Waals surface area contributed by atoms with Crippen molar-refractivity contribution in [3.8, 4) is 17.0 Å². The first-order valence-electron chi connectivity index (χ1n) is 9.10. The molecule has 3 aromatic rings. The summed E-state index contributed by atoms with van der Waals surface area (Å²) in [5.74, 6) is -0.166. The molecule has 0 saturated carbocycles. The Hall–Kier alpha value is -3.25. The Labute approximate surface area is 170 Å². The molecule has 7 N–H and O–H groups in total. The van der Waals surface area contributed by atoms with Gasteiger partial charge in [-0.15, -0.1) is 0 Å². The van der Waals surface area contributed by atoms with E-state index >= 15 is 0 Å². The summed E-state index contributed by atoms with van der Waals surface area (Å²) in [6.45, 7) is -0.508. The van der Waals surface area contributed by atoms with Crippen molar-refractivity contribution in [3.63, 3.8) is 0 Å². The first kappa shape index (κ1) is 20.0. The molecule has 1 aliphatic heterocycles. The fourth-order valence-corrected chi connectivity index (χ4v) is 3.77. The van der Waals surface area contributed by atoms with Gasteiger partial charge in [0.1, 0.15) is 41.9 Å². The molecule has 0 bridgehead atoms. The molecule has 0 unspecified atom stereocenters. The number of nitrogens with zero attached hydrogens (tertiary/aromatic N) is 3. The molecule has 0 radical (unpaired) electrons. The molecule has 11 heteroatoms. The zero-order chi connectivity index (χ0) is 21.6. The Morgan fingerprint density at radius 1 is 1.23 bits per heavy atom. The maximum atomic E-state index is 12.5. The van der Waals surface area contributed by atoms with Gasteiger partial charge in [0, 0.05) is 0 Å². The molecule has 1 amide bonds. The molecule has 4 atom stereocenters. The van der Waals surface area contributed by atoms with Gasteiger partial charge in [0.25, 0.3) is 5.91 Å². The summed E-state index contributed by atoms with van der Waals surface area (Å²) >= 11 is 0. The molecule has 0 spiro atoms. The topological polar surface area (TPSA) is 179 Å². The van der Waals surface area contributed by atoms with E-state index in [1.54, 1.807) is 24.3 Å². The van der Waals surface area contributed by atoms with Crippen molar-refractivity contribution in [3.05, 3.63) is 36.2 Å². The quantitative estimate of drug-likeness (QED) is 0.364. The summed E-state index contributed by atoms with van der Waals surface area (Å²) in [6, 6.07) is 6.77. The highest BCUT2D eigenvalue weighted by Gasteiger charge is 2.45. The van der Waals surface area contributed by atoms with Crippen LogP contribution in [0, 0.1) is 0 Å². The summed E-state index contributed by atoms with van der Waals surface area (Å²) in [7, 11) is 1.52. The third kappa shape index (κ3) is 2.95. The second-order valence-corrected chi connectivity index (χ2v) is 6.87. The van der Waals surface area contributed by atoms with Crippen LogP contribution >= 0.6 is 0 Å². The fourth-order valence-electron chi connectivity index (χ4n) is 3.77. The Morgan fingerprint density at radius 2 is 1.93 bits per heavy atom. The van der Waals surface area contributed by atoms with E-state index in [9.17, 15) is 20.1 Å². The number of amides is 1. The molecule has 3 heterocycles. The lowest BCUT2D eigenvalue weighted by Crippen LogP contribution is -2.33. The number of anilines is 1. The van der Waals surface area contributed by atoms with Crippen LogP contribution < -0.4 is 16.2 Å². The van der Waals surface area contributed by atoms with Crippen molar-refractivity contribution in [2.24, 2.45) is 5.73 Å². The van der Waals surface area contributed by atoms with Gasteiger partial charge in [-0.2, -0.15) is 0 Å². The highest BCUT2D eigenvalue weighted by atomic mass is 16.6. The maximum Gasteiger partial charge on any atom is 0.251 e. The number of hydrogen-bond acceptors (Lipinski definition) is 9. The van der Waals surface area contributed by atoms with E-state index in [2.05, 4.69) is 9.97 Å². The summed E-state index contributed by atoms with van der Waals surface area (Å²) < 4.78 is 12.3. The Kier molecular flexibility index (Phi) is 5.03. The number of aliphatic hydroxyl groups is 3. The van der Waals surface area contributed by atoms with E-state index in [0.717, 1.165) is 0 Å². The number of ether oxygens (including phenoxy) is 2. The number of hydrogen-bond donors (Lipinski definition) is 5. The summed E-state index contributed by atoms with van der Waals surface area (Å²) in [6.07, 6.45) is -3.75. The monoisotopic (exact) mass is 415 g/mol. The molecule has 2 aromatic heterocycles. The molecule has 30 heavy (non-hydrogen) atoms. The van der Waals surface area contributed by atoms with Gasteiger partial charge >= 0.3 is 0 Å². The summed E-state index contributed by atoms with van der Waals surface area (Å²) in [5, 5.41) is 30.5. The Balaban J connectivity index is 2.05. The lowest BCUT2D eigenvalue weighted by atomic mass is 10.0. The highest BCUT2D eigenvalue weighted by molar-refractivity contribution is 6.14. The van der Waals surface area contributed by atoms with Crippen molar-refractivity contribution in [2.45, 2.75) is 24.5 Å². The van der Waals surface area contributed by atoms with Crippen LogP contribution in [-0.4, -0.2) is 67.8 Å². The van der Waals surface area contributed by atoms with E-state index in [1.165, 1.54) is 18.0 Å². The lowest BCUT2D eigenvalue weighted by Gasteiger charge is -2.21. The van der Waals surface area contributed by atoms with Crippen LogP contribution in [0.4, 0.5) is 5.82 Å². The second kappa shape index (κ2) is 7.54. The van der Waals surface area contributed by atoms with Crippen LogP contribution in [0.5, 0.6) is 5.75 Å². The zero-order valence-corrected chi connectivity index (χ0v) is 16.0. The fraction of sp³-hybridized carbons (Fsp3) is 0.316. The van der Waals surface area contributed by atoms with Crippen LogP contribution in [-0.2, 0) is 4.74 Å². The Bertz CT molecular complexity index is 1100. The average molecular weight is 415 g/mol. The minimum Gasteiger partial charge on any atom is -0.497 e. The predicted molar refractivity (Wildman–Crippen MR) is 105 cm³/mol. The van der Waals surface area contributed by atoms with Crippen LogP contribution in [0.15, 0.2) is 30.6 Å². The number of aliphatic hydroxyl groups excluding tert-OH is 3. The highest BCUT2D eigenvalue weighted by Crippen LogP contribution is 2.41. The minimum atomic E-state index is -1.41. The van der Waals surface area contributed by atoms with Crippen LogP contribution in [0.25, 0.3) is 22.3 Å². The number of carbonyl (C=O) groups is 1. The van der Waals surface area contributed by atoms with Crippen molar-refractivity contribution >= 4 is 22.8 Å². The molecule has 1 aromatic carbocycles. The number of nitrogens with two attached hydrogens (primary N) is 2. The number of benzene rings is 1. The summed E-state index contributed by atoms with van der Waals surface area (Å²) in [5.41, 5.74) is 12.8. The van der Waals surface area contributed by atoms with Crippen LogP contribution in [0.3, 0.4) is 0 Å². The minimum absolute atomic E-state index is 0.0223. The van der Waals surface area contributed by atoms with Gasteiger partial charge in [-0.25, -0.2) is 9.97 Å². The van der Waals surface area contributed by atoms with Crippen LogP contribution in [0.2, 0.25) is 0 Å². The molecule has 158 valence electrons. The van der Waals surface area contributed by atoms with E-state index in [4.69, 9.17) is 20.9 Å². The molecular weight excluding hydrogens is 394 g/mol. The number of methoxy groups -OCH3 is 1. The smallest absolute Gasteiger partial charge is 0.251 e. The third-order valence-corrected chi connectivity index (χ3v) is 5.19. The normalized spacial score (nSPS) is 23.7. The van der Waals surface area contributed by atoms with E-state index in [0.29, 0.717) is 11.3 Å². The molecule has 0 aliphatic carbocycles. The van der Waals surface area contributed by atoms with E-state index in [-0.39, 0.29) is 28.1 Å². The number of carbonyl (C=O) groups excluding carboxylic acids is 1. The molecule has 1 saturated heterocycles. The van der Waals surface area contributed by atoms with Crippen molar-refractivity contribution < 1.29 is 29.6 Å². The molecular formula is C19H21N5O6. The van der Waals surface area contributed by atoms with Crippen molar-refractivity contribution in [2.75, 3.05) is 19.5 Å². The molecule has 11 nitrogen and oxygen atoms in total. The standard InChI is InChI=1S/C19H21N5O6/c1-29-9-4-2-8(3-5-9)13-11(17(21)28)12-16(20)22-7-23-18(12)24(13)19-15(27)14(26)10(6-25)30-19/h2-5,7,10,14-15,19,25-27H,6H2,1H3,(H2,21,28)(H2,20,22,23)/t10-,14+,15-,19-/m0/s1. The van der Waals surface area contributed by atoms with Gasteiger partial charge < -0.3 is 36.3 Å².